The van der Waals surface area contributed by atoms with Crippen molar-refractivity contribution in [2.24, 2.45) is 5.73 Å². The molecule has 9 heteroatoms. The van der Waals surface area contributed by atoms with E-state index in [1.165, 1.54) is 0 Å². The average molecular weight is 598 g/mol. The lowest BCUT2D eigenvalue weighted by Crippen LogP contribution is -2.40. The number of nitrogens with two attached hydrogens (primary N) is 1. The van der Waals surface area contributed by atoms with Crippen LogP contribution in [0.2, 0.25) is 0 Å². The van der Waals surface area contributed by atoms with Gasteiger partial charge in [-0.3, -0.25) is 14.4 Å². The molecule has 1 saturated heterocycles. The molecule has 3 aromatic carbocycles. The Balaban J connectivity index is 1.31. The predicted octanol–water partition coefficient (Wildman–Crippen LogP) is 4.16. The summed E-state index contributed by atoms with van der Waals surface area (Å²) in [7, 11) is 1.61. The molecule has 0 spiro atoms. The SMILES string of the molecule is COc1ccc(CC(=O)Nc2cc(C(=O)NC3CCC(N)CC3)ccc2N2CCCN(C(=O)Cc3ccccc3)CC2)cc1. The van der Waals surface area contributed by atoms with Crippen LogP contribution in [-0.4, -0.2) is 68.0 Å². The molecule has 2 fully saturated rings. The molecule has 1 heterocycles. The molecular formula is C35H43N5O4. The molecular weight excluding hydrogens is 554 g/mol. The zero-order chi connectivity index (χ0) is 30.9. The molecule has 4 N–H and O–H groups in total. The summed E-state index contributed by atoms with van der Waals surface area (Å²) in [6.45, 7) is 2.60. The van der Waals surface area contributed by atoms with Crippen molar-refractivity contribution in [2.45, 2.75) is 57.0 Å². The van der Waals surface area contributed by atoms with Gasteiger partial charge in [0.2, 0.25) is 11.8 Å². The Hall–Kier alpha value is -4.37. The van der Waals surface area contributed by atoms with E-state index < -0.39 is 0 Å². The third-order valence-electron chi connectivity index (χ3n) is 8.55. The molecule has 0 aromatic heterocycles. The standard InChI is InChI=1S/C35H43N5O4/c1-44-30-15-8-26(9-16-30)22-33(41)38-31-24-27(35(43)37-29-13-11-28(36)12-14-29)10-17-32(31)39-18-5-19-40(21-20-39)34(42)23-25-6-3-2-4-7-25/h2-4,6-10,15-17,24,28-29H,5,11-14,18-23,36H2,1H3,(H,37,43)(H,38,41). The highest BCUT2D eigenvalue weighted by Crippen LogP contribution is 2.29. The number of nitrogens with one attached hydrogen (secondary N) is 2. The van der Waals surface area contributed by atoms with Gasteiger partial charge in [-0.2, -0.15) is 0 Å². The third-order valence-corrected chi connectivity index (χ3v) is 8.55. The van der Waals surface area contributed by atoms with E-state index in [1.54, 1.807) is 13.2 Å². The summed E-state index contributed by atoms with van der Waals surface area (Å²) in [6.07, 6.45) is 4.89. The van der Waals surface area contributed by atoms with Crippen molar-refractivity contribution in [2.75, 3.05) is 43.5 Å². The second-order valence-corrected chi connectivity index (χ2v) is 11.8. The number of ether oxygens (including phenoxy) is 1. The summed E-state index contributed by atoms with van der Waals surface area (Å²) in [6, 6.07) is 23.0. The van der Waals surface area contributed by atoms with E-state index in [-0.39, 0.29) is 36.2 Å². The number of rotatable bonds is 9. The van der Waals surface area contributed by atoms with Crippen LogP contribution in [0.5, 0.6) is 5.75 Å². The molecule has 0 radical (unpaired) electrons. The van der Waals surface area contributed by atoms with Crippen molar-refractivity contribution in [1.29, 1.82) is 0 Å². The van der Waals surface area contributed by atoms with Gasteiger partial charge < -0.3 is 30.9 Å². The normalized spacial score (nSPS) is 18.7. The smallest absolute Gasteiger partial charge is 0.251 e. The molecule has 9 nitrogen and oxygen atoms in total. The fraction of sp³-hybridized carbons (Fsp3) is 0.400. The van der Waals surface area contributed by atoms with Gasteiger partial charge >= 0.3 is 0 Å². The first-order valence-electron chi connectivity index (χ1n) is 15.6. The lowest BCUT2D eigenvalue weighted by molar-refractivity contribution is -0.130. The Morgan fingerprint density at radius 3 is 2.30 bits per heavy atom. The number of hydrogen-bond acceptors (Lipinski definition) is 6. The summed E-state index contributed by atoms with van der Waals surface area (Å²) in [5.41, 5.74) is 9.84. The minimum atomic E-state index is -0.176. The topological polar surface area (TPSA) is 117 Å². The number of anilines is 2. The van der Waals surface area contributed by atoms with Crippen molar-refractivity contribution < 1.29 is 19.1 Å². The van der Waals surface area contributed by atoms with Crippen molar-refractivity contribution in [3.63, 3.8) is 0 Å². The van der Waals surface area contributed by atoms with Crippen LogP contribution in [0.3, 0.4) is 0 Å². The molecule has 232 valence electrons. The summed E-state index contributed by atoms with van der Waals surface area (Å²) in [5, 5.41) is 6.25. The van der Waals surface area contributed by atoms with Gasteiger partial charge in [0.25, 0.3) is 5.91 Å². The Kier molecular flexibility index (Phi) is 10.5. The van der Waals surface area contributed by atoms with Gasteiger partial charge in [-0.15, -0.1) is 0 Å². The van der Waals surface area contributed by atoms with Crippen LogP contribution < -0.4 is 26.0 Å². The highest BCUT2D eigenvalue weighted by Gasteiger charge is 2.24. The highest BCUT2D eigenvalue weighted by atomic mass is 16.5. The van der Waals surface area contributed by atoms with Crippen LogP contribution in [0, 0.1) is 0 Å². The fourth-order valence-corrected chi connectivity index (χ4v) is 6.00. The summed E-state index contributed by atoms with van der Waals surface area (Å²) in [5.74, 6) is 0.510. The van der Waals surface area contributed by atoms with Gasteiger partial charge in [0.15, 0.2) is 0 Å². The fourth-order valence-electron chi connectivity index (χ4n) is 6.00. The van der Waals surface area contributed by atoms with Crippen molar-refractivity contribution in [1.82, 2.24) is 10.2 Å². The monoisotopic (exact) mass is 597 g/mol. The third kappa shape index (κ3) is 8.38. The summed E-state index contributed by atoms with van der Waals surface area (Å²) >= 11 is 0. The van der Waals surface area contributed by atoms with Gasteiger partial charge in [-0.25, -0.2) is 0 Å². The molecule has 3 amide bonds. The summed E-state index contributed by atoms with van der Waals surface area (Å²) < 4.78 is 5.24. The van der Waals surface area contributed by atoms with E-state index >= 15 is 0 Å². The lowest BCUT2D eigenvalue weighted by Gasteiger charge is -2.28. The van der Waals surface area contributed by atoms with Crippen molar-refractivity contribution in [3.8, 4) is 5.75 Å². The second-order valence-electron chi connectivity index (χ2n) is 11.8. The van der Waals surface area contributed by atoms with Gasteiger partial charge in [-0.05, 0) is 73.6 Å². The first-order chi connectivity index (χ1) is 21.4. The number of hydrogen-bond donors (Lipinski definition) is 3. The Labute approximate surface area is 259 Å². The van der Waals surface area contributed by atoms with E-state index in [2.05, 4.69) is 15.5 Å². The molecule has 1 aliphatic carbocycles. The van der Waals surface area contributed by atoms with Crippen LogP contribution in [0.1, 0.15) is 53.6 Å². The van der Waals surface area contributed by atoms with E-state index in [0.717, 1.165) is 61.2 Å². The zero-order valence-electron chi connectivity index (χ0n) is 25.5. The number of amides is 3. The largest absolute Gasteiger partial charge is 0.497 e. The number of methoxy groups -OCH3 is 1. The van der Waals surface area contributed by atoms with E-state index in [4.69, 9.17) is 10.5 Å². The molecule has 0 bridgehead atoms. The molecule has 2 aliphatic rings. The molecule has 3 aromatic rings. The van der Waals surface area contributed by atoms with E-state index in [0.29, 0.717) is 37.3 Å². The van der Waals surface area contributed by atoms with Crippen molar-refractivity contribution >= 4 is 29.1 Å². The first-order valence-corrected chi connectivity index (χ1v) is 15.6. The zero-order valence-corrected chi connectivity index (χ0v) is 25.5. The number of benzene rings is 3. The Morgan fingerprint density at radius 2 is 1.57 bits per heavy atom. The van der Waals surface area contributed by atoms with Crippen molar-refractivity contribution in [3.05, 3.63) is 89.5 Å². The van der Waals surface area contributed by atoms with Crippen LogP contribution in [0.15, 0.2) is 72.8 Å². The van der Waals surface area contributed by atoms with Crippen LogP contribution >= 0.6 is 0 Å². The maximum atomic E-state index is 13.3. The molecule has 5 rings (SSSR count). The van der Waals surface area contributed by atoms with Gasteiger partial charge in [0.1, 0.15) is 5.75 Å². The van der Waals surface area contributed by atoms with Gasteiger partial charge in [-0.1, -0.05) is 42.5 Å². The second kappa shape index (κ2) is 14.9. The van der Waals surface area contributed by atoms with Crippen LogP contribution in [0.25, 0.3) is 0 Å². The molecule has 0 unspecified atom stereocenters. The van der Waals surface area contributed by atoms with Crippen LogP contribution in [0.4, 0.5) is 11.4 Å². The average Bonchev–Trinajstić information content (AvgIpc) is 3.29. The molecule has 1 saturated carbocycles. The number of carbonyl (C=O) groups excluding carboxylic acids is 3. The first kappa shape index (κ1) is 31.1. The summed E-state index contributed by atoms with van der Waals surface area (Å²) in [4.78, 5) is 43.7. The quantitative estimate of drug-likeness (QED) is 0.341. The minimum Gasteiger partial charge on any atom is -0.497 e. The molecule has 0 atom stereocenters. The van der Waals surface area contributed by atoms with E-state index in [9.17, 15) is 14.4 Å². The predicted molar refractivity (Wildman–Crippen MR) is 173 cm³/mol. The van der Waals surface area contributed by atoms with Crippen LogP contribution in [-0.2, 0) is 22.4 Å². The van der Waals surface area contributed by atoms with Gasteiger partial charge in [0.05, 0.1) is 31.3 Å². The minimum absolute atomic E-state index is 0.0973. The Bertz CT molecular complexity index is 1420. The lowest BCUT2D eigenvalue weighted by atomic mass is 9.91. The maximum Gasteiger partial charge on any atom is 0.251 e. The number of nitrogens with zero attached hydrogens (tertiary/aromatic N) is 2. The Morgan fingerprint density at radius 1 is 0.841 bits per heavy atom. The maximum absolute atomic E-state index is 13.3. The molecule has 44 heavy (non-hydrogen) atoms. The number of carbonyl (C=O) groups is 3. The van der Waals surface area contributed by atoms with Gasteiger partial charge in [0, 0.05) is 43.8 Å². The molecule has 1 aliphatic heterocycles. The van der Waals surface area contributed by atoms with E-state index in [1.807, 2.05) is 71.6 Å². The highest BCUT2D eigenvalue weighted by molar-refractivity contribution is 6.00.